The number of nitrogens with zero attached hydrogens (tertiary/aromatic N) is 1. The summed E-state index contributed by atoms with van der Waals surface area (Å²) >= 11 is 0. The monoisotopic (exact) mass is 168 g/mol. The summed E-state index contributed by atoms with van der Waals surface area (Å²) in [7, 11) is 0. The summed E-state index contributed by atoms with van der Waals surface area (Å²) in [5, 5.41) is 4.36. The van der Waals surface area contributed by atoms with Crippen molar-refractivity contribution >= 4 is 0 Å². The minimum atomic E-state index is 1.00. The normalized spacial score (nSPS) is 19.8. The molecule has 1 rings (SSSR count). The Hall–Kier alpha value is -0.0400. The average molecular weight is 168 g/mol. The molecule has 1 aliphatic rings. The maximum atomic E-state index is 4.36. The van der Waals surface area contributed by atoms with Gasteiger partial charge in [0.15, 0.2) is 0 Å². The highest BCUT2D eigenvalue weighted by Crippen LogP contribution is 2.26. The molecule has 0 heterocycles. The highest BCUT2D eigenvalue weighted by atomic mass is 14.8. The lowest BCUT2D eigenvalue weighted by molar-refractivity contribution is 0.330. The van der Waals surface area contributed by atoms with Crippen molar-refractivity contribution in [1.29, 1.82) is 0 Å². The highest BCUT2D eigenvalue weighted by Gasteiger charge is 2.12. The van der Waals surface area contributed by atoms with Crippen LogP contribution < -0.4 is 5.32 Å². The lowest BCUT2D eigenvalue weighted by atomic mass is 9.86. The van der Waals surface area contributed by atoms with Crippen LogP contribution in [0.2, 0.25) is 0 Å². The predicted octanol–water partition coefficient (Wildman–Crippen LogP) is 2.97. The van der Waals surface area contributed by atoms with Gasteiger partial charge < -0.3 is 0 Å². The molecule has 1 saturated carbocycles. The van der Waals surface area contributed by atoms with E-state index in [2.05, 4.69) is 12.2 Å². The summed E-state index contributed by atoms with van der Waals surface area (Å²) in [5.74, 6) is 1.05. The molecule has 71 valence electrons. The summed E-state index contributed by atoms with van der Waals surface area (Å²) in [5.41, 5.74) is 0. The first-order valence-electron chi connectivity index (χ1n) is 5.56. The summed E-state index contributed by atoms with van der Waals surface area (Å²) in [6.45, 7) is 4.23. The van der Waals surface area contributed by atoms with Crippen LogP contribution in [0.3, 0.4) is 0 Å². The molecule has 1 aliphatic carbocycles. The fraction of sp³-hybridized carbons (Fsp3) is 1.00. The third-order valence-electron chi connectivity index (χ3n) is 2.88. The van der Waals surface area contributed by atoms with Gasteiger partial charge >= 0.3 is 0 Å². The molecule has 0 aliphatic heterocycles. The minimum absolute atomic E-state index is 1.00. The second kappa shape index (κ2) is 6.47. The summed E-state index contributed by atoms with van der Waals surface area (Å²) in [6, 6.07) is 0. The zero-order valence-electron chi connectivity index (χ0n) is 8.39. The Balaban J connectivity index is 1.91. The summed E-state index contributed by atoms with van der Waals surface area (Å²) in [6.07, 6.45) is 10.2. The fourth-order valence-electron chi connectivity index (χ4n) is 2.13. The molecule has 0 aromatic heterocycles. The Bertz CT molecular complexity index is 95.2. The number of rotatable bonds is 5. The van der Waals surface area contributed by atoms with Crippen molar-refractivity contribution in [3.63, 3.8) is 0 Å². The Morgan fingerprint density at radius 1 is 1.17 bits per heavy atom. The molecule has 0 aromatic rings. The summed E-state index contributed by atoms with van der Waals surface area (Å²) < 4.78 is 0. The van der Waals surface area contributed by atoms with E-state index in [9.17, 15) is 0 Å². The van der Waals surface area contributed by atoms with Gasteiger partial charge in [-0.15, -0.1) is 0 Å². The second-order valence-corrected chi connectivity index (χ2v) is 3.91. The van der Waals surface area contributed by atoms with Crippen molar-refractivity contribution in [3.05, 3.63) is 0 Å². The van der Waals surface area contributed by atoms with Gasteiger partial charge in [-0.05, 0) is 18.8 Å². The first-order chi connectivity index (χ1) is 5.93. The maximum Gasteiger partial charge on any atom is 0.0133 e. The first kappa shape index (κ1) is 10.0. The van der Waals surface area contributed by atoms with Crippen molar-refractivity contribution in [2.45, 2.75) is 51.9 Å². The van der Waals surface area contributed by atoms with Gasteiger partial charge in [-0.2, -0.15) is 0 Å². The van der Waals surface area contributed by atoms with Crippen molar-refractivity contribution in [2.75, 3.05) is 13.1 Å². The Morgan fingerprint density at radius 2 is 1.92 bits per heavy atom. The Labute approximate surface area is 76.9 Å². The van der Waals surface area contributed by atoms with Crippen LogP contribution in [0.4, 0.5) is 0 Å². The molecule has 1 nitrogen and oxygen atoms in total. The molecular weight excluding hydrogens is 146 g/mol. The molecule has 0 saturated heterocycles. The molecule has 0 atom stereocenters. The van der Waals surface area contributed by atoms with Gasteiger partial charge in [-0.3, -0.25) is 0 Å². The largest absolute Gasteiger partial charge is 0.242 e. The lowest BCUT2D eigenvalue weighted by Gasteiger charge is -2.20. The fourth-order valence-corrected chi connectivity index (χ4v) is 2.13. The van der Waals surface area contributed by atoms with E-state index in [1.54, 1.807) is 0 Å². The number of hydrogen-bond acceptors (Lipinski definition) is 0. The van der Waals surface area contributed by atoms with E-state index in [-0.39, 0.29) is 0 Å². The van der Waals surface area contributed by atoms with Gasteiger partial charge in [0.2, 0.25) is 0 Å². The van der Waals surface area contributed by atoms with E-state index >= 15 is 0 Å². The van der Waals surface area contributed by atoms with E-state index in [4.69, 9.17) is 0 Å². The summed E-state index contributed by atoms with van der Waals surface area (Å²) in [4.78, 5) is 0. The third-order valence-corrected chi connectivity index (χ3v) is 2.88. The van der Waals surface area contributed by atoms with Crippen molar-refractivity contribution in [1.82, 2.24) is 5.32 Å². The standard InChI is InChI=1S/C11H22N/c1-2-12-10-6-9-11-7-4-3-5-8-11/h11H,2-10H2,1H3. The zero-order valence-corrected chi connectivity index (χ0v) is 8.39. The van der Waals surface area contributed by atoms with Crippen LogP contribution in [-0.4, -0.2) is 13.1 Å². The van der Waals surface area contributed by atoms with Gasteiger partial charge in [0, 0.05) is 13.1 Å². The molecule has 1 radical (unpaired) electrons. The highest BCUT2D eigenvalue weighted by molar-refractivity contribution is 4.65. The van der Waals surface area contributed by atoms with Crippen LogP contribution in [0.5, 0.6) is 0 Å². The molecule has 0 aromatic carbocycles. The van der Waals surface area contributed by atoms with Crippen LogP contribution in [0.1, 0.15) is 51.9 Å². The molecule has 0 unspecified atom stereocenters. The van der Waals surface area contributed by atoms with Crippen LogP contribution in [0, 0.1) is 5.92 Å². The van der Waals surface area contributed by atoms with E-state index in [0.717, 1.165) is 19.0 Å². The van der Waals surface area contributed by atoms with Gasteiger partial charge in [0.25, 0.3) is 0 Å². The number of hydrogen-bond donors (Lipinski definition) is 0. The zero-order chi connectivity index (χ0) is 8.65. The maximum absolute atomic E-state index is 4.36. The smallest absolute Gasteiger partial charge is 0.0133 e. The molecule has 12 heavy (non-hydrogen) atoms. The van der Waals surface area contributed by atoms with Crippen LogP contribution in [0.25, 0.3) is 0 Å². The molecule has 0 spiro atoms. The second-order valence-electron chi connectivity index (χ2n) is 3.91. The molecule has 0 bridgehead atoms. The minimum Gasteiger partial charge on any atom is -0.242 e. The molecule has 1 fully saturated rings. The predicted molar refractivity (Wildman–Crippen MR) is 53.4 cm³/mol. The first-order valence-corrected chi connectivity index (χ1v) is 5.56. The van der Waals surface area contributed by atoms with E-state index in [1.165, 1.54) is 44.9 Å². The van der Waals surface area contributed by atoms with Crippen molar-refractivity contribution < 1.29 is 0 Å². The lowest BCUT2D eigenvalue weighted by Crippen LogP contribution is -2.10. The van der Waals surface area contributed by atoms with Crippen molar-refractivity contribution in [2.24, 2.45) is 5.92 Å². The average Bonchev–Trinajstić information content (AvgIpc) is 2.14. The Kier molecular flexibility index (Phi) is 5.42. The molecule has 1 heteroatoms. The topological polar surface area (TPSA) is 14.1 Å². The third kappa shape index (κ3) is 4.10. The van der Waals surface area contributed by atoms with Crippen LogP contribution in [0.15, 0.2) is 0 Å². The van der Waals surface area contributed by atoms with Crippen LogP contribution in [-0.2, 0) is 0 Å². The van der Waals surface area contributed by atoms with E-state index in [1.807, 2.05) is 0 Å². The van der Waals surface area contributed by atoms with Gasteiger partial charge in [0.1, 0.15) is 0 Å². The molecular formula is C11H22N. The van der Waals surface area contributed by atoms with Crippen LogP contribution >= 0.6 is 0 Å². The quantitative estimate of drug-likeness (QED) is 0.560. The van der Waals surface area contributed by atoms with E-state index < -0.39 is 0 Å². The van der Waals surface area contributed by atoms with Gasteiger partial charge in [-0.1, -0.05) is 39.0 Å². The molecule has 0 amide bonds. The SMILES string of the molecule is CC[N]CCCC1CCCCC1. The van der Waals surface area contributed by atoms with Gasteiger partial charge in [-0.25, -0.2) is 5.32 Å². The van der Waals surface area contributed by atoms with Crippen molar-refractivity contribution in [3.8, 4) is 0 Å². The van der Waals surface area contributed by atoms with Gasteiger partial charge in [0.05, 0.1) is 0 Å². The van der Waals surface area contributed by atoms with E-state index in [0.29, 0.717) is 0 Å². The Morgan fingerprint density at radius 3 is 2.58 bits per heavy atom. The molecule has 0 N–H and O–H groups in total.